The van der Waals surface area contributed by atoms with Gasteiger partial charge in [-0.25, -0.2) is 14.6 Å². The number of nitrogens with zero attached hydrogens (tertiary/aromatic N) is 3. The van der Waals surface area contributed by atoms with E-state index in [1.54, 1.807) is 38.6 Å². The summed E-state index contributed by atoms with van der Waals surface area (Å²) in [6.07, 6.45) is -19.8. The number of nitrogens with one attached hydrogen (secondary N) is 12. The number of urea groups is 1. The number of hydrogen-bond donors (Lipinski definition) is 23. The minimum absolute atomic E-state index is 0.0179. The van der Waals surface area contributed by atoms with E-state index in [-0.39, 0.29) is 108 Å². The number of phenolic OH excluding ortho intramolecular Hbond substituents is 3. The number of nitrogens with two attached hydrogens (primary N) is 1. The number of thioether (sulfide) groups is 1. The van der Waals surface area contributed by atoms with Gasteiger partial charge in [0, 0.05) is 89.1 Å². The summed E-state index contributed by atoms with van der Waals surface area (Å²) in [7, 11) is 1.46. The lowest BCUT2D eigenvalue weighted by molar-refractivity contribution is -0.334. The number of carbonyl (C=O) groups is 11. The second kappa shape index (κ2) is 46.9. The van der Waals surface area contributed by atoms with Crippen LogP contribution >= 0.6 is 35.0 Å². The third-order valence-electron chi connectivity index (χ3n) is 26.1. The number of aromatic hydroxyl groups is 3. The molecule has 49 heteroatoms. The van der Waals surface area contributed by atoms with Crippen LogP contribution in [0.5, 0.6) is 46.0 Å². The van der Waals surface area contributed by atoms with Gasteiger partial charge in [-0.3, -0.25) is 43.2 Å². The van der Waals surface area contributed by atoms with Gasteiger partial charge in [-0.2, -0.15) is 24.9 Å². The molecule has 0 aliphatic carbocycles. The normalized spacial score (nSPS) is 26.2. The second-order valence-electron chi connectivity index (χ2n) is 37.2. The molecular weight excluding hydrogens is 1980 g/mol. The van der Waals surface area contributed by atoms with Crippen molar-refractivity contribution >= 4 is 106 Å². The number of phenols is 3. The molecule has 24 N–H and O–H groups in total. The average molecular weight is 2100 g/mol. The van der Waals surface area contributed by atoms with Crippen LogP contribution in [0.2, 0.25) is 10.0 Å². The highest BCUT2D eigenvalue weighted by atomic mass is 35.5. The average Bonchev–Trinajstić information content (AvgIpc) is 1.62. The SMILES string of the molecule is CN[C@H](CC(C)C)C(=O)N[C@H]1C(=O)N[C@@H](CC(N)=O)C(=O)N[C@H]2C(=O)N[C@@H](C(=O)NCCCCCCNC(=O)CCCC[C@@H]3SC[C@@H]4NC(=O)N[C@@H]43)c3ccc(O)c(c3)-c3c(O)cc(O)cc3[C@@H](C(=O)O)NC(=O)C[C@H](O)c3ccc(c(Cl)c3)Oc3cc2cc(c3O[C@@H]2O[C@H](CO)[C@@H](O)[C@H](O)[C@H]2O[C@H]2C[C@](C)(NCc3ccc(NC(=O)c4ccc(C5(C(F)(F)F)N=N5)cc4)nc3)[C@H](O)[C@H](C)O2)Oc2ccc(cc2Cl)[C@H]1O. The van der Waals surface area contributed by atoms with Crippen LogP contribution in [0.15, 0.2) is 132 Å². The Morgan fingerprint density at radius 2 is 1.39 bits per heavy atom. The minimum Gasteiger partial charge on any atom is -0.508 e. The molecule has 146 heavy (non-hydrogen) atoms. The van der Waals surface area contributed by atoms with E-state index in [9.17, 15) is 97.8 Å². The largest absolute Gasteiger partial charge is 0.508 e. The molecular formula is C97H113Cl2F3N16O27S. The molecule has 16 rings (SSSR count). The van der Waals surface area contributed by atoms with E-state index >= 15 is 19.2 Å². The fourth-order valence-corrected chi connectivity index (χ4v) is 20.1. The number of ether oxygens (including phenoxy) is 6. The fourth-order valence-electron chi connectivity index (χ4n) is 18.1. The first-order valence-corrected chi connectivity index (χ1v) is 48.9. The molecule has 0 unspecified atom stereocenters. The van der Waals surface area contributed by atoms with Crippen LogP contribution in [0.3, 0.4) is 0 Å². The molecule has 43 nitrogen and oxygen atoms in total. The number of anilines is 1. The number of halogens is 5. The van der Waals surface area contributed by atoms with E-state index in [4.69, 9.17) is 57.4 Å². The van der Waals surface area contributed by atoms with Crippen molar-refractivity contribution in [1.82, 2.24) is 63.5 Å². The van der Waals surface area contributed by atoms with Crippen LogP contribution in [0.1, 0.15) is 184 Å². The molecule has 11 amide bonds. The van der Waals surface area contributed by atoms with Crippen molar-refractivity contribution in [2.45, 2.75) is 244 Å². The Kier molecular flexibility index (Phi) is 34.9. The summed E-state index contributed by atoms with van der Waals surface area (Å²) in [5, 5.41) is 156. The van der Waals surface area contributed by atoms with Gasteiger partial charge in [-0.05, 0) is 160 Å². The van der Waals surface area contributed by atoms with Crippen molar-refractivity contribution < 1.29 is 145 Å². The van der Waals surface area contributed by atoms with Crippen molar-refractivity contribution in [3.63, 3.8) is 0 Å². The van der Waals surface area contributed by atoms with Crippen molar-refractivity contribution in [3.05, 3.63) is 176 Å². The number of aliphatic hydroxyl groups is 6. The number of amides is 11. The van der Waals surface area contributed by atoms with Crippen LogP contribution in [-0.2, 0) is 69.6 Å². The number of alkyl halides is 3. The van der Waals surface area contributed by atoms with E-state index in [1.807, 2.05) is 0 Å². The van der Waals surface area contributed by atoms with Crippen LogP contribution in [0.25, 0.3) is 11.1 Å². The van der Waals surface area contributed by atoms with E-state index in [1.165, 1.54) is 50.5 Å². The summed E-state index contributed by atoms with van der Waals surface area (Å²) in [5.41, 5.74) is -1.06. The summed E-state index contributed by atoms with van der Waals surface area (Å²) >= 11 is 16.2. The Labute approximate surface area is 846 Å². The second-order valence-corrected chi connectivity index (χ2v) is 39.3. The highest BCUT2D eigenvalue weighted by Crippen LogP contribution is 2.54. The number of aliphatic hydroxyl groups excluding tert-OH is 6. The number of unbranched alkanes of at least 4 members (excludes halogenated alkanes) is 4. The van der Waals surface area contributed by atoms with Gasteiger partial charge in [0.25, 0.3) is 5.91 Å². The van der Waals surface area contributed by atoms with Gasteiger partial charge >= 0.3 is 23.8 Å². The molecule has 9 aliphatic rings. The van der Waals surface area contributed by atoms with E-state index in [2.05, 4.69) is 79.0 Å². The minimum atomic E-state index is -4.80. The van der Waals surface area contributed by atoms with Crippen molar-refractivity contribution in [2.75, 3.05) is 37.8 Å². The molecule has 10 heterocycles. The predicted molar refractivity (Wildman–Crippen MR) is 514 cm³/mol. The van der Waals surface area contributed by atoms with Gasteiger partial charge < -0.3 is 149 Å². The van der Waals surface area contributed by atoms with Gasteiger partial charge in [0.2, 0.25) is 59.3 Å². The van der Waals surface area contributed by atoms with Crippen LogP contribution < -0.4 is 83.7 Å². The predicted octanol–water partition coefficient (Wildman–Crippen LogP) is 6.18. The molecule has 20 atom stereocenters. The lowest BCUT2D eigenvalue weighted by Gasteiger charge is -2.48. The lowest BCUT2D eigenvalue weighted by Crippen LogP contribution is -2.65. The number of rotatable bonds is 32. The van der Waals surface area contributed by atoms with Crippen molar-refractivity contribution in [3.8, 4) is 57.1 Å². The lowest BCUT2D eigenvalue weighted by atomic mass is 9.84. The standard InChI is InChI=1S/C97H113Cl2F3N16O27S/c1-43(2)28-57(104-5)87(132)115-79-80(127)49-19-24-64(56(99)31-49)142-66-33-50-32-65(83(66)145-93-84(82(129)81(128)67(41-119)143-93)144-73-38-95(4,85(130)44(3)140-73)108-40-45-14-25-70(107-39-45)111-86(131)46-15-20-51(21-16-46)96(117-118-96)97(100,101)102)141-63-23-18-47(30-55(63)98)61(122)37-72(126)112-77(92(137)138)54-34-52(120)35-62(123)74(54)53-29-48(17-22-60(53)121)75(114-90(135)76(50)113-88(133)58(36-69(103)124)109-91(79)136)89(134)106-27-11-7-6-10-26-105-71(125)13-9-8-12-68-78-59(42-146-68)110-94(139)116-78/h14-25,29-35,39,43-44,57-59,61,67-68,73,75-82,84-85,93,104,108,119-123,127-130H,6-13,26-28,36-38,40-42H2,1-5H3,(H2,103,124)(H,105,125)(H,106,134)(H,109,136)(H,112,126)(H,113,133)(H,114,135)(H,115,132)(H,137,138)(H,107,111,131)(H2,110,116,139)/t44-,57+,58-,59-,61-,67+,68-,73-,75+,76+,77-,78-,79+,80+,81+,82-,84+,85+,93-,95-/m0/s1. The summed E-state index contributed by atoms with van der Waals surface area (Å²) in [4.78, 5) is 162. The van der Waals surface area contributed by atoms with Gasteiger partial charge in [-0.15, -0.1) is 10.2 Å². The number of aliphatic carboxylic acids is 1. The molecule has 0 saturated carbocycles. The van der Waals surface area contributed by atoms with Gasteiger partial charge in [0.15, 0.2) is 29.9 Å². The number of benzene rings is 6. The summed E-state index contributed by atoms with van der Waals surface area (Å²) in [6, 6.07) is 8.88. The van der Waals surface area contributed by atoms with E-state index < -0.39 is 266 Å². The molecule has 6 aromatic carbocycles. The number of fused-ring (bicyclic) bond motifs is 17. The maximum atomic E-state index is 16.6. The summed E-state index contributed by atoms with van der Waals surface area (Å²) in [6.45, 7) is 5.71. The Morgan fingerprint density at radius 1 is 0.712 bits per heavy atom. The fraction of sp³-hybridized carbons (Fsp3) is 0.464. The number of primary amides is 1. The van der Waals surface area contributed by atoms with E-state index in [0.29, 0.717) is 37.8 Å². The zero-order valence-corrected chi connectivity index (χ0v) is 81.6. The molecule has 7 aromatic rings. The molecule has 784 valence electrons. The number of hydrogen-bond acceptors (Lipinski definition) is 32. The van der Waals surface area contributed by atoms with Crippen LogP contribution in [-0.4, -0.2) is 250 Å². The third kappa shape index (κ3) is 25.7. The number of carboxylic acid groups (broad SMARTS) is 1. The van der Waals surface area contributed by atoms with Crippen LogP contribution in [0.4, 0.5) is 23.8 Å². The number of aromatic nitrogens is 1. The number of carbonyl (C=O) groups excluding carboxylic acids is 10. The van der Waals surface area contributed by atoms with Crippen LogP contribution in [0, 0.1) is 5.92 Å². The number of likely N-dealkylation sites (N-methyl/N-ethyl adjacent to an activating group) is 1. The highest BCUT2D eigenvalue weighted by Gasteiger charge is 2.65. The zero-order chi connectivity index (χ0) is 105. The first-order chi connectivity index (χ1) is 69.4. The Hall–Kier alpha value is -12.9. The highest BCUT2D eigenvalue weighted by molar-refractivity contribution is 8.00. The first kappa shape index (κ1) is 109. The Balaban J connectivity index is 0.846. The molecule has 9 aliphatic heterocycles. The molecule has 0 radical (unpaired) electrons. The van der Waals surface area contributed by atoms with Gasteiger partial charge in [-0.1, -0.05) is 92.7 Å². The molecule has 4 saturated heterocycles. The van der Waals surface area contributed by atoms with E-state index in [0.717, 1.165) is 97.5 Å². The topological polar surface area (TPSA) is 653 Å². The number of pyridine rings is 1. The van der Waals surface area contributed by atoms with Crippen molar-refractivity contribution in [1.29, 1.82) is 0 Å². The maximum absolute atomic E-state index is 16.6. The van der Waals surface area contributed by atoms with Gasteiger partial charge in [0.05, 0.1) is 65.9 Å². The monoisotopic (exact) mass is 2090 g/mol. The van der Waals surface area contributed by atoms with Gasteiger partial charge in [0.1, 0.15) is 83.1 Å². The number of carboxylic acids is 1. The third-order valence-corrected chi connectivity index (χ3v) is 28.2. The molecule has 1 aromatic heterocycles. The summed E-state index contributed by atoms with van der Waals surface area (Å²) < 4.78 is 81.0. The maximum Gasteiger partial charge on any atom is 0.442 e. The first-order valence-electron chi connectivity index (χ1n) is 47.1. The molecule has 9 bridgehead atoms. The Bertz CT molecular complexity index is 6060. The molecule has 0 spiro atoms. The molecule has 4 fully saturated rings. The zero-order valence-electron chi connectivity index (χ0n) is 79.2. The smallest absolute Gasteiger partial charge is 0.442 e. The quantitative estimate of drug-likeness (QED) is 0.0165. The summed E-state index contributed by atoms with van der Waals surface area (Å²) in [5.74, 6) is -16.1. The Morgan fingerprint density at radius 3 is 2.03 bits per heavy atom. The van der Waals surface area contributed by atoms with Crippen molar-refractivity contribution in [2.24, 2.45) is 21.9 Å².